The number of nitrogens with zero attached hydrogens (tertiary/aromatic N) is 1. The fourth-order valence-corrected chi connectivity index (χ4v) is 1.55. The van der Waals surface area contributed by atoms with E-state index < -0.39 is 5.54 Å². The molecule has 0 unspecified atom stereocenters. The van der Waals surface area contributed by atoms with Crippen molar-refractivity contribution in [2.45, 2.75) is 26.3 Å². The largest absolute Gasteiger partial charge is 0.494 e. The van der Waals surface area contributed by atoms with Gasteiger partial charge in [0.1, 0.15) is 5.75 Å². The van der Waals surface area contributed by atoms with Gasteiger partial charge < -0.3 is 9.84 Å². The second-order valence-electron chi connectivity index (χ2n) is 5.21. The van der Waals surface area contributed by atoms with Gasteiger partial charge in [-0.15, -0.1) is 0 Å². The number of rotatable bonds is 7. The fraction of sp³-hybridized carbons (Fsp3) is 0.533. The summed E-state index contributed by atoms with van der Waals surface area (Å²) in [5.74, 6) is 0.801. The van der Waals surface area contributed by atoms with Gasteiger partial charge in [0.25, 0.3) is 0 Å². The molecule has 0 amide bonds. The lowest BCUT2D eigenvalue weighted by molar-refractivity contribution is 0.0659. The number of ketones is 1. The molecule has 1 aromatic rings. The van der Waals surface area contributed by atoms with Gasteiger partial charge in [-0.25, -0.2) is 0 Å². The molecule has 0 bridgehead atoms. The Morgan fingerprint density at radius 1 is 1.32 bits per heavy atom. The van der Waals surface area contributed by atoms with Crippen molar-refractivity contribution < 1.29 is 14.6 Å². The zero-order valence-corrected chi connectivity index (χ0v) is 12.1. The van der Waals surface area contributed by atoms with Crippen LogP contribution in [-0.2, 0) is 0 Å². The summed E-state index contributed by atoms with van der Waals surface area (Å²) in [6.07, 6.45) is 0. The number of likely N-dealkylation sites (N-methyl/N-ethyl adjacent to an activating group) is 1. The van der Waals surface area contributed by atoms with Crippen LogP contribution in [0.1, 0.15) is 31.1 Å². The summed E-state index contributed by atoms with van der Waals surface area (Å²) in [5, 5.41) is 9.27. The number of carbonyl (C=O) groups is 1. The van der Waals surface area contributed by atoms with E-state index in [1.807, 2.05) is 32.7 Å². The van der Waals surface area contributed by atoms with Crippen LogP contribution in [0.15, 0.2) is 24.3 Å². The molecule has 19 heavy (non-hydrogen) atoms. The molecule has 0 spiro atoms. The Kier molecular flexibility index (Phi) is 5.51. The monoisotopic (exact) mass is 265 g/mol. The van der Waals surface area contributed by atoms with E-state index in [1.54, 1.807) is 24.3 Å². The van der Waals surface area contributed by atoms with Crippen LogP contribution in [0.4, 0.5) is 0 Å². The van der Waals surface area contributed by atoms with Crippen molar-refractivity contribution in [3.63, 3.8) is 0 Å². The number of ether oxygens (including phenoxy) is 1. The summed E-state index contributed by atoms with van der Waals surface area (Å²) in [7, 11) is 1.84. The fourth-order valence-electron chi connectivity index (χ4n) is 1.55. The maximum Gasteiger partial charge on any atom is 0.176 e. The molecule has 1 N–H and O–H groups in total. The molecule has 0 atom stereocenters. The number of Topliss-reactive ketones (excluding diaryl/α,β-unsaturated/α-hetero) is 1. The second-order valence-corrected chi connectivity index (χ2v) is 5.21. The average Bonchev–Trinajstić information content (AvgIpc) is 2.39. The van der Waals surface area contributed by atoms with Crippen molar-refractivity contribution in [2.75, 3.05) is 26.8 Å². The molecule has 0 saturated carbocycles. The van der Waals surface area contributed by atoms with Gasteiger partial charge in [-0.1, -0.05) is 0 Å². The number of benzene rings is 1. The Morgan fingerprint density at radius 3 is 2.37 bits per heavy atom. The maximum absolute atomic E-state index is 12.1. The SMILES string of the molecule is CCOc1ccc(C(=O)CN(C)C(C)(C)CO)cc1. The topological polar surface area (TPSA) is 49.8 Å². The smallest absolute Gasteiger partial charge is 0.176 e. The van der Waals surface area contributed by atoms with Gasteiger partial charge in [0, 0.05) is 11.1 Å². The number of aliphatic hydroxyl groups excluding tert-OH is 1. The van der Waals surface area contributed by atoms with Gasteiger partial charge in [0.2, 0.25) is 0 Å². The van der Waals surface area contributed by atoms with Crippen LogP contribution in [0, 0.1) is 0 Å². The first kappa shape index (κ1) is 15.7. The predicted molar refractivity (Wildman–Crippen MR) is 75.7 cm³/mol. The quantitative estimate of drug-likeness (QED) is 0.766. The number of hydrogen-bond donors (Lipinski definition) is 1. The molecule has 0 saturated heterocycles. The lowest BCUT2D eigenvalue weighted by atomic mass is 10.0. The van der Waals surface area contributed by atoms with Crippen LogP contribution in [0.2, 0.25) is 0 Å². The molecule has 0 radical (unpaired) electrons. The Hall–Kier alpha value is -1.39. The van der Waals surface area contributed by atoms with E-state index in [-0.39, 0.29) is 18.9 Å². The van der Waals surface area contributed by atoms with E-state index >= 15 is 0 Å². The average molecular weight is 265 g/mol. The molecule has 4 nitrogen and oxygen atoms in total. The highest BCUT2D eigenvalue weighted by atomic mass is 16.5. The van der Waals surface area contributed by atoms with Crippen molar-refractivity contribution in [3.8, 4) is 5.75 Å². The Morgan fingerprint density at radius 2 is 1.89 bits per heavy atom. The van der Waals surface area contributed by atoms with Crippen molar-refractivity contribution in [1.82, 2.24) is 4.90 Å². The Bertz CT molecular complexity index is 412. The first-order valence-electron chi connectivity index (χ1n) is 6.49. The third-order valence-electron chi connectivity index (χ3n) is 3.29. The molecule has 0 aliphatic carbocycles. The van der Waals surface area contributed by atoms with Crippen LogP contribution in [0.5, 0.6) is 5.75 Å². The minimum atomic E-state index is -0.402. The highest BCUT2D eigenvalue weighted by Gasteiger charge is 2.24. The van der Waals surface area contributed by atoms with E-state index in [9.17, 15) is 9.90 Å². The van der Waals surface area contributed by atoms with Gasteiger partial charge in [-0.3, -0.25) is 9.69 Å². The van der Waals surface area contributed by atoms with Crippen molar-refractivity contribution in [1.29, 1.82) is 0 Å². The van der Waals surface area contributed by atoms with Gasteiger partial charge in [-0.2, -0.15) is 0 Å². The minimum absolute atomic E-state index is 0.0139. The standard InChI is InChI=1S/C15H23NO3/c1-5-19-13-8-6-12(7-9-13)14(18)10-16(4)15(2,3)11-17/h6-9,17H,5,10-11H2,1-4H3. The predicted octanol–water partition coefficient (Wildman–Crippen LogP) is 1.97. The Labute approximate surface area is 115 Å². The summed E-state index contributed by atoms with van der Waals surface area (Å²) in [6.45, 7) is 6.63. The molecule has 0 heterocycles. The third-order valence-corrected chi connectivity index (χ3v) is 3.29. The Balaban J connectivity index is 2.68. The van der Waals surface area contributed by atoms with E-state index in [0.717, 1.165) is 5.75 Å². The number of hydrogen-bond acceptors (Lipinski definition) is 4. The van der Waals surface area contributed by atoms with Crippen LogP contribution in [0.3, 0.4) is 0 Å². The molecule has 1 rings (SSSR count). The molecule has 0 aliphatic rings. The molecule has 1 aromatic carbocycles. The van der Waals surface area contributed by atoms with E-state index in [2.05, 4.69) is 0 Å². The van der Waals surface area contributed by atoms with Crippen molar-refractivity contribution in [3.05, 3.63) is 29.8 Å². The summed E-state index contributed by atoms with van der Waals surface area (Å²) in [5.41, 5.74) is 0.255. The highest BCUT2D eigenvalue weighted by molar-refractivity contribution is 5.97. The third kappa shape index (κ3) is 4.33. The molecule has 0 aromatic heterocycles. The van der Waals surface area contributed by atoms with Crippen LogP contribution in [0.25, 0.3) is 0 Å². The van der Waals surface area contributed by atoms with E-state index in [0.29, 0.717) is 12.2 Å². The molecule has 0 aliphatic heterocycles. The lowest BCUT2D eigenvalue weighted by Gasteiger charge is -2.33. The van der Waals surface area contributed by atoms with E-state index in [4.69, 9.17) is 4.74 Å². The molecular formula is C15H23NO3. The first-order chi connectivity index (χ1) is 8.90. The summed E-state index contributed by atoms with van der Waals surface area (Å²) < 4.78 is 5.34. The van der Waals surface area contributed by atoms with Crippen LogP contribution in [-0.4, -0.2) is 48.1 Å². The van der Waals surface area contributed by atoms with Crippen LogP contribution >= 0.6 is 0 Å². The summed E-state index contributed by atoms with van der Waals surface area (Å²) >= 11 is 0. The maximum atomic E-state index is 12.1. The van der Waals surface area contributed by atoms with Crippen LogP contribution < -0.4 is 4.74 Å². The van der Waals surface area contributed by atoms with Crippen molar-refractivity contribution in [2.24, 2.45) is 0 Å². The van der Waals surface area contributed by atoms with Gasteiger partial charge in [-0.05, 0) is 52.1 Å². The summed E-state index contributed by atoms with van der Waals surface area (Å²) in [6, 6.07) is 7.14. The van der Waals surface area contributed by atoms with Gasteiger partial charge >= 0.3 is 0 Å². The second kappa shape index (κ2) is 6.68. The van der Waals surface area contributed by atoms with Crippen molar-refractivity contribution >= 4 is 5.78 Å². The minimum Gasteiger partial charge on any atom is -0.494 e. The molecule has 4 heteroatoms. The van der Waals surface area contributed by atoms with Gasteiger partial charge in [0.05, 0.1) is 19.8 Å². The zero-order chi connectivity index (χ0) is 14.5. The van der Waals surface area contributed by atoms with E-state index in [1.165, 1.54) is 0 Å². The molecule has 0 fully saturated rings. The molecular weight excluding hydrogens is 242 g/mol. The summed E-state index contributed by atoms with van der Waals surface area (Å²) in [4.78, 5) is 14.0. The first-order valence-corrected chi connectivity index (χ1v) is 6.49. The normalized spacial score (nSPS) is 11.7. The number of aliphatic hydroxyl groups is 1. The zero-order valence-electron chi connectivity index (χ0n) is 12.1. The lowest BCUT2D eigenvalue weighted by Crippen LogP contribution is -2.46. The number of carbonyl (C=O) groups excluding carboxylic acids is 1. The van der Waals surface area contributed by atoms with Gasteiger partial charge in [0.15, 0.2) is 5.78 Å². The highest BCUT2D eigenvalue weighted by Crippen LogP contribution is 2.15. The molecule has 106 valence electrons.